The number of carbonyl (C=O) groups is 3. The van der Waals surface area contributed by atoms with Crippen molar-refractivity contribution < 1.29 is 29.0 Å². The number of rotatable bonds is 10. The zero-order chi connectivity index (χ0) is 28.6. The van der Waals surface area contributed by atoms with Crippen molar-refractivity contribution in [3.05, 3.63) is 77.3 Å². The summed E-state index contributed by atoms with van der Waals surface area (Å²) in [5.74, 6) is -2.95. The first-order valence-electron chi connectivity index (χ1n) is 13.8. The summed E-state index contributed by atoms with van der Waals surface area (Å²) in [6.07, 6.45) is 2.39. The van der Waals surface area contributed by atoms with Crippen molar-refractivity contribution >= 4 is 35.1 Å². The zero-order valence-electron chi connectivity index (χ0n) is 22.8. The number of benzene rings is 2. The molecule has 0 aliphatic carbocycles. The fourth-order valence-corrected chi connectivity index (χ4v) is 7.26. The molecule has 3 fully saturated rings. The Morgan fingerprint density at radius 1 is 1.27 bits per heavy atom. The molecule has 212 valence electrons. The molecular weight excluding hydrogens is 532 g/mol. The van der Waals surface area contributed by atoms with Crippen LogP contribution in [0.25, 0.3) is 0 Å². The van der Waals surface area contributed by atoms with E-state index in [1.807, 2.05) is 49.4 Å². The molecule has 1 spiro atoms. The van der Waals surface area contributed by atoms with Gasteiger partial charge in [-0.3, -0.25) is 14.4 Å². The average Bonchev–Trinajstić information content (AvgIpc) is 3.59. The second-order valence-corrected chi connectivity index (χ2v) is 11.1. The van der Waals surface area contributed by atoms with Gasteiger partial charge >= 0.3 is 5.97 Å². The van der Waals surface area contributed by atoms with Crippen LogP contribution in [-0.4, -0.2) is 71.3 Å². The first kappa shape index (κ1) is 28.3. The molecule has 1 N–H and O–H groups in total. The van der Waals surface area contributed by atoms with Crippen LogP contribution in [0.2, 0.25) is 5.02 Å². The summed E-state index contributed by atoms with van der Waals surface area (Å²) in [4.78, 5) is 45.3. The zero-order valence-corrected chi connectivity index (χ0v) is 23.5. The van der Waals surface area contributed by atoms with Crippen molar-refractivity contribution in [2.75, 3.05) is 24.7 Å². The van der Waals surface area contributed by atoms with E-state index in [0.29, 0.717) is 30.0 Å². The summed E-state index contributed by atoms with van der Waals surface area (Å²) >= 11 is 6.62. The van der Waals surface area contributed by atoms with Gasteiger partial charge in [0.1, 0.15) is 11.6 Å². The molecule has 2 aromatic carbocycles. The summed E-state index contributed by atoms with van der Waals surface area (Å²) in [5, 5.41) is 11.0. The number of likely N-dealkylation sites (tertiary alicyclic amines) is 1. The highest BCUT2D eigenvalue weighted by Crippen LogP contribution is 2.59. The molecule has 40 heavy (non-hydrogen) atoms. The molecule has 3 aliphatic rings. The standard InChI is InChI=1S/C31H35ClN2O6/c1-4-16-33(26-19(3)10-9-13-22(26)32)29(37)27-31-15-14-23(40-31)24(30(38)39-5-2)25(31)28(36)34(27)21(18-35)17-20-11-7-6-8-12-20/h4,6-13,21,23-25,27,35H,1,5,14-18H2,2-3H3/t21-,23+,24-,25-,27+,31-/m1/s1. The Bertz CT molecular complexity index is 1280. The van der Waals surface area contributed by atoms with Crippen molar-refractivity contribution in [2.45, 2.75) is 56.9 Å². The van der Waals surface area contributed by atoms with Crippen LogP contribution in [-0.2, 0) is 30.3 Å². The molecule has 2 aromatic rings. The van der Waals surface area contributed by atoms with Gasteiger partial charge in [-0.25, -0.2) is 0 Å². The second-order valence-electron chi connectivity index (χ2n) is 10.7. The number of nitrogens with zero attached hydrogens (tertiary/aromatic N) is 2. The van der Waals surface area contributed by atoms with Crippen LogP contribution in [0, 0.1) is 18.8 Å². The van der Waals surface area contributed by atoms with E-state index in [1.165, 1.54) is 9.80 Å². The molecular formula is C31H35ClN2O6. The van der Waals surface area contributed by atoms with Crippen molar-refractivity contribution in [1.29, 1.82) is 0 Å². The molecule has 3 heterocycles. The van der Waals surface area contributed by atoms with Crippen LogP contribution in [0.3, 0.4) is 0 Å². The molecule has 0 unspecified atom stereocenters. The minimum atomic E-state index is -1.23. The van der Waals surface area contributed by atoms with Crippen molar-refractivity contribution in [3.63, 3.8) is 0 Å². The number of halogens is 1. The number of amides is 2. The number of fused-ring (bicyclic) bond motifs is 1. The van der Waals surface area contributed by atoms with Gasteiger partial charge in [-0.15, -0.1) is 6.58 Å². The maximum absolute atomic E-state index is 14.7. The number of hydrogen-bond donors (Lipinski definition) is 1. The van der Waals surface area contributed by atoms with Gasteiger partial charge in [0.2, 0.25) is 5.91 Å². The van der Waals surface area contributed by atoms with Crippen molar-refractivity contribution in [1.82, 2.24) is 4.90 Å². The lowest BCUT2D eigenvalue weighted by molar-refractivity contribution is -0.155. The maximum atomic E-state index is 14.7. The number of anilines is 1. The number of aliphatic hydroxyl groups is 1. The Morgan fingerprint density at radius 3 is 2.67 bits per heavy atom. The van der Waals surface area contributed by atoms with E-state index < -0.39 is 41.6 Å². The van der Waals surface area contributed by atoms with Gasteiger partial charge in [0.05, 0.1) is 47.9 Å². The predicted octanol–water partition coefficient (Wildman–Crippen LogP) is 3.71. The fraction of sp³-hybridized carbons (Fsp3) is 0.452. The van der Waals surface area contributed by atoms with Crippen LogP contribution in [0.4, 0.5) is 5.69 Å². The SMILES string of the molecule is C=CCN(C(=O)[C@@H]1N([C@@H](CO)Cc2ccccc2)C(=O)[C@H]2[C@H](C(=O)OCC)[C@@H]3CC[C@]12O3)c1c(C)cccc1Cl. The highest BCUT2D eigenvalue weighted by molar-refractivity contribution is 6.34. The lowest BCUT2D eigenvalue weighted by Crippen LogP contribution is -2.59. The van der Waals surface area contributed by atoms with Gasteiger partial charge in [-0.05, 0) is 50.3 Å². The molecule has 0 saturated carbocycles. The highest BCUT2D eigenvalue weighted by Gasteiger charge is 2.75. The molecule has 6 atom stereocenters. The smallest absolute Gasteiger partial charge is 0.312 e. The number of aliphatic hydroxyl groups excluding tert-OH is 1. The molecule has 5 rings (SSSR count). The third kappa shape index (κ3) is 4.52. The number of hydrogen-bond acceptors (Lipinski definition) is 6. The van der Waals surface area contributed by atoms with Crippen LogP contribution < -0.4 is 4.90 Å². The lowest BCUT2D eigenvalue weighted by Gasteiger charge is -2.39. The Hall–Kier alpha value is -3.20. The van der Waals surface area contributed by atoms with E-state index in [2.05, 4.69) is 6.58 Å². The van der Waals surface area contributed by atoms with E-state index >= 15 is 0 Å². The predicted molar refractivity (Wildman–Crippen MR) is 151 cm³/mol. The van der Waals surface area contributed by atoms with E-state index in [-0.39, 0.29) is 31.6 Å². The Morgan fingerprint density at radius 2 is 2.02 bits per heavy atom. The first-order valence-corrected chi connectivity index (χ1v) is 14.2. The summed E-state index contributed by atoms with van der Waals surface area (Å²) in [6.45, 7) is 7.39. The normalized spacial score (nSPS) is 27.4. The average molecular weight is 567 g/mol. The minimum absolute atomic E-state index is 0.149. The number of carbonyl (C=O) groups excluding carboxylic acids is 3. The van der Waals surface area contributed by atoms with Gasteiger partial charge < -0.3 is 24.4 Å². The van der Waals surface area contributed by atoms with E-state index in [9.17, 15) is 19.5 Å². The third-order valence-electron chi connectivity index (χ3n) is 8.49. The summed E-state index contributed by atoms with van der Waals surface area (Å²) < 4.78 is 11.9. The largest absolute Gasteiger partial charge is 0.466 e. The second kappa shape index (κ2) is 11.4. The third-order valence-corrected chi connectivity index (χ3v) is 8.79. The fourth-order valence-electron chi connectivity index (χ4n) is 6.94. The quantitative estimate of drug-likeness (QED) is 0.348. The summed E-state index contributed by atoms with van der Waals surface area (Å²) in [5.41, 5.74) is 0.998. The maximum Gasteiger partial charge on any atom is 0.312 e. The summed E-state index contributed by atoms with van der Waals surface area (Å²) in [7, 11) is 0. The van der Waals surface area contributed by atoms with Crippen LogP contribution in [0.1, 0.15) is 30.9 Å². The Labute approximate surface area is 239 Å². The number of para-hydroxylation sites is 1. The van der Waals surface area contributed by atoms with Crippen molar-refractivity contribution in [3.8, 4) is 0 Å². The van der Waals surface area contributed by atoms with E-state index in [0.717, 1.165) is 11.1 Å². The Kier molecular flexibility index (Phi) is 8.04. The molecule has 2 amide bonds. The lowest BCUT2D eigenvalue weighted by atomic mass is 9.70. The monoisotopic (exact) mass is 566 g/mol. The molecule has 0 radical (unpaired) electrons. The van der Waals surface area contributed by atoms with Crippen LogP contribution in [0.5, 0.6) is 0 Å². The van der Waals surface area contributed by atoms with Crippen LogP contribution >= 0.6 is 11.6 Å². The number of ether oxygens (including phenoxy) is 2. The molecule has 3 saturated heterocycles. The van der Waals surface area contributed by atoms with Gasteiger partial charge in [-0.2, -0.15) is 0 Å². The summed E-state index contributed by atoms with van der Waals surface area (Å²) in [6, 6.07) is 13.1. The minimum Gasteiger partial charge on any atom is -0.466 e. The first-order chi connectivity index (χ1) is 19.3. The van der Waals surface area contributed by atoms with Gasteiger partial charge in [0.15, 0.2) is 0 Å². The molecule has 2 bridgehead atoms. The number of aryl methyl sites for hydroxylation is 1. The topological polar surface area (TPSA) is 96.4 Å². The van der Waals surface area contributed by atoms with Crippen molar-refractivity contribution in [2.24, 2.45) is 11.8 Å². The molecule has 9 heteroatoms. The Balaban J connectivity index is 1.63. The highest BCUT2D eigenvalue weighted by atomic mass is 35.5. The van der Waals surface area contributed by atoms with E-state index in [4.69, 9.17) is 21.1 Å². The molecule has 8 nitrogen and oxygen atoms in total. The van der Waals surface area contributed by atoms with E-state index in [1.54, 1.807) is 19.1 Å². The van der Waals surface area contributed by atoms with Gasteiger partial charge in [-0.1, -0.05) is 60.1 Å². The van der Waals surface area contributed by atoms with Gasteiger partial charge in [0, 0.05) is 6.54 Å². The van der Waals surface area contributed by atoms with Gasteiger partial charge in [0.25, 0.3) is 5.91 Å². The molecule has 0 aromatic heterocycles. The van der Waals surface area contributed by atoms with Crippen LogP contribution in [0.15, 0.2) is 61.2 Å². The molecule has 3 aliphatic heterocycles. The number of esters is 1.